The lowest BCUT2D eigenvalue weighted by Crippen LogP contribution is -2.30. The average molecular weight is 338 g/mol. The molecule has 0 aliphatic rings. The molecule has 0 atom stereocenters. The summed E-state index contributed by atoms with van der Waals surface area (Å²) in [6, 6.07) is 13.7. The Morgan fingerprint density at radius 2 is 1.80 bits per heavy atom. The number of nitrogens with one attached hydrogen (secondary N) is 1. The lowest BCUT2D eigenvalue weighted by atomic mass is 10.1. The predicted octanol–water partition coefficient (Wildman–Crippen LogP) is 3.52. The highest BCUT2D eigenvalue weighted by molar-refractivity contribution is 5.80. The van der Waals surface area contributed by atoms with Gasteiger partial charge in [-0.25, -0.2) is 4.39 Å². The Morgan fingerprint density at radius 3 is 2.48 bits per heavy atom. The number of amides is 1. The van der Waals surface area contributed by atoms with Crippen LogP contribution >= 0.6 is 0 Å². The van der Waals surface area contributed by atoms with E-state index in [-0.39, 0.29) is 23.8 Å². The maximum absolute atomic E-state index is 13.0. The van der Waals surface area contributed by atoms with Crippen molar-refractivity contribution in [3.05, 3.63) is 81.4 Å². The number of halogens is 1. The van der Waals surface area contributed by atoms with Crippen LogP contribution in [0.2, 0.25) is 0 Å². The highest BCUT2D eigenvalue weighted by Crippen LogP contribution is 2.15. The van der Waals surface area contributed by atoms with E-state index in [9.17, 15) is 14.0 Å². The van der Waals surface area contributed by atoms with Crippen molar-refractivity contribution in [3.8, 4) is 0 Å². The highest BCUT2D eigenvalue weighted by Gasteiger charge is 2.13. The average Bonchev–Trinajstić information content (AvgIpc) is 2.56. The molecular weight excluding hydrogens is 319 g/mol. The maximum Gasteiger partial charge on any atom is 0.253 e. The standard InChI is InChI=1S/C20H19FN2O2/c1-13-3-6-16-10-17(20(25)22-19(16)9-13)12-23(14(2)24)11-15-4-7-18(21)8-5-15/h3-10H,11-12H2,1-2H3,(H,22,25). The zero-order valence-corrected chi connectivity index (χ0v) is 14.2. The second-order valence-electron chi connectivity index (χ2n) is 6.22. The van der Waals surface area contributed by atoms with Crippen LogP contribution in [0.1, 0.15) is 23.6 Å². The van der Waals surface area contributed by atoms with Crippen molar-refractivity contribution in [1.29, 1.82) is 0 Å². The third-order valence-electron chi connectivity index (χ3n) is 4.17. The third-order valence-corrected chi connectivity index (χ3v) is 4.17. The van der Waals surface area contributed by atoms with E-state index in [4.69, 9.17) is 0 Å². The first kappa shape index (κ1) is 16.9. The van der Waals surface area contributed by atoms with Gasteiger partial charge in [0.2, 0.25) is 5.91 Å². The van der Waals surface area contributed by atoms with Crippen LogP contribution < -0.4 is 5.56 Å². The van der Waals surface area contributed by atoms with Gasteiger partial charge in [0.15, 0.2) is 0 Å². The summed E-state index contributed by atoms with van der Waals surface area (Å²) in [6.45, 7) is 3.95. The van der Waals surface area contributed by atoms with Crippen LogP contribution in [-0.2, 0) is 17.9 Å². The van der Waals surface area contributed by atoms with Gasteiger partial charge in [-0.05, 0) is 47.7 Å². The first-order valence-corrected chi connectivity index (χ1v) is 8.05. The monoisotopic (exact) mass is 338 g/mol. The molecular formula is C20H19FN2O2. The van der Waals surface area contributed by atoms with E-state index in [1.54, 1.807) is 17.0 Å². The minimum atomic E-state index is -0.320. The molecule has 0 unspecified atom stereocenters. The molecule has 0 saturated carbocycles. The second-order valence-corrected chi connectivity index (χ2v) is 6.22. The molecule has 5 heteroatoms. The molecule has 1 aromatic heterocycles. The Bertz CT molecular complexity index is 977. The Balaban J connectivity index is 1.89. The van der Waals surface area contributed by atoms with Crippen molar-refractivity contribution in [3.63, 3.8) is 0 Å². The molecule has 3 rings (SSSR count). The van der Waals surface area contributed by atoms with Gasteiger partial charge in [-0.3, -0.25) is 9.59 Å². The molecule has 4 nitrogen and oxygen atoms in total. The van der Waals surface area contributed by atoms with Gasteiger partial charge in [-0.1, -0.05) is 24.3 Å². The minimum absolute atomic E-state index is 0.146. The number of aromatic amines is 1. The summed E-state index contributed by atoms with van der Waals surface area (Å²) in [4.78, 5) is 28.8. The number of rotatable bonds is 4. The zero-order chi connectivity index (χ0) is 18.0. The van der Waals surface area contributed by atoms with Crippen LogP contribution in [0.4, 0.5) is 4.39 Å². The topological polar surface area (TPSA) is 53.2 Å². The molecule has 1 amide bonds. The maximum atomic E-state index is 13.0. The molecule has 0 bridgehead atoms. The first-order valence-electron chi connectivity index (χ1n) is 8.05. The van der Waals surface area contributed by atoms with Crippen molar-refractivity contribution in [2.45, 2.75) is 26.9 Å². The van der Waals surface area contributed by atoms with Gasteiger partial charge < -0.3 is 9.88 Å². The molecule has 0 spiro atoms. The van der Waals surface area contributed by atoms with Gasteiger partial charge in [0, 0.05) is 24.5 Å². The third kappa shape index (κ3) is 3.94. The summed E-state index contributed by atoms with van der Waals surface area (Å²) < 4.78 is 13.0. The number of benzene rings is 2. The van der Waals surface area contributed by atoms with Crippen molar-refractivity contribution in [1.82, 2.24) is 9.88 Å². The van der Waals surface area contributed by atoms with E-state index >= 15 is 0 Å². The molecule has 3 aromatic rings. The molecule has 1 N–H and O–H groups in total. The second kappa shape index (κ2) is 6.89. The fourth-order valence-corrected chi connectivity index (χ4v) is 2.77. The molecule has 0 fully saturated rings. The Kier molecular flexibility index (Phi) is 4.65. The molecule has 2 aromatic carbocycles. The fraction of sp³-hybridized carbons (Fsp3) is 0.200. The lowest BCUT2D eigenvalue weighted by Gasteiger charge is -2.21. The number of nitrogens with zero attached hydrogens (tertiary/aromatic N) is 1. The molecule has 25 heavy (non-hydrogen) atoms. The van der Waals surface area contributed by atoms with Crippen LogP contribution in [-0.4, -0.2) is 15.8 Å². The van der Waals surface area contributed by atoms with Crippen molar-refractivity contribution >= 4 is 16.8 Å². The van der Waals surface area contributed by atoms with E-state index in [1.165, 1.54) is 19.1 Å². The summed E-state index contributed by atoms with van der Waals surface area (Å²) in [6.07, 6.45) is 0. The van der Waals surface area contributed by atoms with E-state index < -0.39 is 0 Å². The van der Waals surface area contributed by atoms with Gasteiger partial charge in [-0.15, -0.1) is 0 Å². The predicted molar refractivity (Wildman–Crippen MR) is 95.6 cm³/mol. The number of H-pyrrole nitrogens is 1. The Hall–Kier alpha value is -2.95. The van der Waals surface area contributed by atoms with Crippen molar-refractivity contribution in [2.24, 2.45) is 0 Å². The minimum Gasteiger partial charge on any atom is -0.334 e. The summed E-state index contributed by atoms with van der Waals surface area (Å²) in [5.74, 6) is -0.466. The number of aromatic nitrogens is 1. The van der Waals surface area contributed by atoms with Crippen LogP contribution in [0.3, 0.4) is 0 Å². The van der Waals surface area contributed by atoms with Gasteiger partial charge >= 0.3 is 0 Å². The Labute approximate surface area is 144 Å². The van der Waals surface area contributed by atoms with E-state index in [2.05, 4.69) is 4.98 Å². The number of carbonyl (C=O) groups is 1. The van der Waals surface area contributed by atoms with Gasteiger partial charge in [0.25, 0.3) is 5.56 Å². The number of hydrogen-bond donors (Lipinski definition) is 1. The lowest BCUT2D eigenvalue weighted by molar-refractivity contribution is -0.130. The van der Waals surface area contributed by atoms with Gasteiger partial charge in [0.1, 0.15) is 5.82 Å². The fourth-order valence-electron chi connectivity index (χ4n) is 2.77. The normalized spacial score (nSPS) is 10.8. The molecule has 128 valence electrons. The van der Waals surface area contributed by atoms with Crippen LogP contribution in [0.5, 0.6) is 0 Å². The molecule has 0 radical (unpaired) electrons. The highest BCUT2D eigenvalue weighted by atomic mass is 19.1. The Morgan fingerprint density at radius 1 is 1.08 bits per heavy atom. The van der Waals surface area contributed by atoms with Crippen LogP contribution in [0, 0.1) is 12.7 Å². The zero-order valence-electron chi connectivity index (χ0n) is 14.2. The summed E-state index contributed by atoms with van der Waals surface area (Å²) in [7, 11) is 0. The number of carbonyl (C=O) groups excluding carboxylic acids is 1. The smallest absolute Gasteiger partial charge is 0.253 e. The number of aryl methyl sites for hydroxylation is 1. The molecule has 1 heterocycles. The largest absolute Gasteiger partial charge is 0.334 e. The van der Waals surface area contributed by atoms with Crippen LogP contribution in [0.25, 0.3) is 10.9 Å². The summed E-state index contributed by atoms with van der Waals surface area (Å²) >= 11 is 0. The quantitative estimate of drug-likeness (QED) is 0.791. The molecule has 0 aliphatic carbocycles. The molecule has 0 aliphatic heterocycles. The van der Waals surface area contributed by atoms with Crippen molar-refractivity contribution < 1.29 is 9.18 Å². The van der Waals surface area contributed by atoms with Crippen molar-refractivity contribution in [2.75, 3.05) is 0 Å². The first-order chi connectivity index (χ1) is 11.9. The van der Waals surface area contributed by atoms with E-state index in [1.807, 2.05) is 31.2 Å². The number of pyridine rings is 1. The number of fused-ring (bicyclic) bond motifs is 1. The van der Waals surface area contributed by atoms with E-state index in [0.717, 1.165) is 22.0 Å². The summed E-state index contributed by atoms with van der Waals surface area (Å²) in [5, 5.41) is 0.922. The molecule has 0 saturated heterocycles. The summed E-state index contributed by atoms with van der Waals surface area (Å²) in [5.41, 5.74) is 2.97. The van der Waals surface area contributed by atoms with E-state index in [0.29, 0.717) is 12.1 Å². The number of hydrogen-bond acceptors (Lipinski definition) is 2. The van der Waals surface area contributed by atoms with Gasteiger partial charge in [0.05, 0.1) is 6.54 Å². The SMILES string of the molecule is CC(=O)N(Cc1ccc(F)cc1)Cc1cc2ccc(C)cc2[nH]c1=O. The van der Waals surface area contributed by atoms with Crippen LogP contribution in [0.15, 0.2) is 53.3 Å². The van der Waals surface area contributed by atoms with Gasteiger partial charge in [-0.2, -0.15) is 0 Å².